The van der Waals surface area contributed by atoms with Crippen LogP contribution in [0, 0.1) is 0 Å². The quantitative estimate of drug-likeness (QED) is 0.438. The van der Waals surface area contributed by atoms with Crippen molar-refractivity contribution in [2.75, 3.05) is 7.11 Å². The highest BCUT2D eigenvalue weighted by Crippen LogP contribution is 2.15. The maximum absolute atomic E-state index is 12.0. The standard InChI is InChI=1S/C17H33NO3/c1-5-7-8-9-10-11-12-13-15(19)18-17(3,14-6-2)16(20)21-4/h5-14H2,1-4H3,(H,18,19). The molecular formula is C17H33NO3. The van der Waals surface area contributed by atoms with E-state index >= 15 is 0 Å². The van der Waals surface area contributed by atoms with Crippen LogP contribution in [0.15, 0.2) is 0 Å². The van der Waals surface area contributed by atoms with Crippen LogP contribution in [0.1, 0.15) is 85.0 Å². The highest BCUT2D eigenvalue weighted by Gasteiger charge is 2.34. The molecule has 0 aliphatic carbocycles. The van der Waals surface area contributed by atoms with Crippen LogP contribution in [0.25, 0.3) is 0 Å². The number of carbonyl (C=O) groups excluding carboxylic acids is 2. The second kappa shape index (κ2) is 11.6. The average Bonchev–Trinajstić information content (AvgIpc) is 2.45. The van der Waals surface area contributed by atoms with Gasteiger partial charge in [0.1, 0.15) is 5.54 Å². The number of rotatable bonds is 12. The van der Waals surface area contributed by atoms with Crippen molar-refractivity contribution < 1.29 is 14.3 Å². The molecule has 1 N–H and O–H groups in total. The third-order valence-corrected chi connectivity index (χ3v) is 3.81. The first-order valence-corrected chi connectivity index (χ1v) is 8.39. The Kier molecular flexibility index (Phi) is 11.0. The summed E-state index contributed by atoms with van der Waals surface area (Å²) in [4.78, 5) is 23.8. The minimum absolute atomic E-state index is 0.0510. The maximum Gasteiger partial charge on any atom is 0.331 e. The second-order valence-corrected chi connectivity index (χ2v) is 5.99. The lowest BCUT2D eigenvalue weighted by Crippen LogP contribution is -2.52. The molecule has 0 aromatic carbocycles. The maximum atomic E-state index is 12.0. The van der Waals surface area contributed by atoms with Gasteiger partial charge in [-0.15, -0.1) is 0 Å². The first-order valence-electron chi connectivity index (χ1n) is 8.39. The van der Waals surface area contributed by atoms with E-state index in [9.17, 15) is 9.59 Å². The molecule has 0 aliphatic heterocycles. The van der Waals surface area contributed by atoms with Gasteiger partial charge in [0, 0.05) is 6.42 Å². The smallest absolute Gasteiger partial charge is 0.331 e. The summed E-state index contributed by atoms with van der Waals surface area (Å²) < 4.78 is 4.80. The molecule has 0 fully saturated rings. The van der Waals surface area contributed by atoms with Gasteiger partial charge in [-0.3, -0.25) is 4.79 Å². The summed E-state index contributed by atoms with van der Waals surface area (Å²) in [6, 6.07) is 0. The molecule has 0 bridgehead atoms. The third-order valence-electron chi connectivity index (χ3n) is 3.81. The molecule has 0 radical (unpaired) electrons. The molecule has 1 unspecified atom stereocenters. The van der Waals surface area contributed by atoms with Crippen LogP contribution in [-0.2, 0) is 14.3 Å². The highest BCUT2D eigenvalue weighted by molar-refractivity contribution is 5.87. The van der Waals surface area contributed by atoms with Gasteiger partial charge in [0.25, 0.3) is 0 Å². The zero-order chi connectivity index (χ0) is 16.1. The van der Waals surface area contributed by atoms with E-state index in [0.717, 1.165) is 19.3 Å². The van der Waals surface area contributed by atoms with Gasteiger partial charge in [-0.1, -0.05) is 58.8 Å². The molecule has 0 heterocycles. The number of hydrogen-bond donors (Lipinski definition) is 1. The minimum Gasteiger partial charge on any atom is -0.467 e. The van der Waals surface area contributed by atoms with Crippen LogP contribution >= 0.6 is 0 Å². The molecule has 21 heavy (non-hydrogen) atoms. The summed E-state index contributed by atoms with van der Waals surface area (Å²) >= 11 is 0. The van der Waals surface area contributed by atoms with E-state index in [1.807, 2.05) is 6.92 Å². The van der Waals surface area contributed by atoms with Gasteiger partial charge in [0.15, 0.2) is 0 Å². The third kappa shape index (κ3) is 8.74. The van der Waals surface area contributed by atoms with Gasteiger partial charge in [0.05, 0.1) is 7.11 Å². The number of hydrogen-bond acceptors (Lipinski definition) is 3. The Labute approximate surface area is 130 Å². The first-order chi connectivity index (χ1) is 10.00. The first kappa shape index (κ1) is 19.9. The predicted molar refractivity (Wildman–Crippen MR) is 86.1 cm³/mol. The fourth-order valence-corrected chi connectivity index (χ4v) is 2.55. The minimum atomic E-state index is -0.887. The monoisotopic (exact) mass is 299 g/mol. The van der Waals surface area contributed by atoms with Crippen LogP contribution in [-0.4, -0.2) is 24.5 Å². The lowest BCUT2D eigenvalue weighted by molar-refractivity contribution is -0.150. The summed E-state index contributed by atoms with van der Waals surface area (Å²) in [6.45, 7) is 5.94. The van der Waals surface area contributed by atoms with E-state index in [0.29, 0.717) is 12.8 Å². The molecule has 0 saturated heterocycles. The molecule has 4 nitrogen and oxygen atoms in total. The number of methoxy groups -OCH3 is 1. The average molecular weight is 299 g/mol. The highest BCUT2D eigenvalue weighted by atomic mass is 16.5. The molecule has 0 aromatic heterocycles. The number of unbranched alkanes of at least 4 members (excludes halogenated alkanes) is 6. The predicted octanol–water partition coefficient (Wildman–Crippen LogP) is 3.98. The van der Waals surface area contributed by atoms with E-state index in [4.69, 9.17) is 4.74 Å². The summed E-state index contributed by atoms with van der Waals surface area (Å²) in [7, 11) is 1.36. The Morgan fingerprint density at radius 2 is 1.52 bits per heavy atom. The van der Waals surface area contributed by atoms with E-state index in [1.165, 1.54) is 39.2 Å². The normalized spacial score (nSPS) is 13.5. The van der Waals surface area contributed by atoms with Gasteiger partial charge in [-0.2, -0.15) is 0 Å². The lowest BCUT2D eigenvalue weighted by atomic mass is 9.95. The molecule has 0 saturated carbocycles. The number of carbonyl (C=O) groups is 2. The molecule has 0 aromatic rings. The van der Waals surface area contributed by atoms with Crippen molar-refractivity contribution >= 4 is 11.9 Å². The molecule has 4 heteroatoms. The molecule has 1 atom stereocenters. The van der Waals surface area contributed by atoms with E-state index in [-0.39, 0.29) is 11.9 Å². The zero-order valence-corrected chi connectivity index (χ0v) is 14.3. The molecule has 1 amide bonds. The van der Waals surface area contributed by atoms with E-state index in [1.54, 1.807) is 6.92 Å². The van der Waals surface area contributed by atoms with E-state index in [2.05, 4.69) is 12.2 Å². The molecule has 0 rings (SSSR count). The van der Waals surface area contributed by atoms with Crippen LogP contribution in [0.3, 0.4) is 0 Å². The number of ether oxygens (including phenoxy) is 1. The Morgan fingerprint density at radius 3 is 2.05 bits per heavy atom. The Morgan fingerprint density at radius 1 is 0.952 bits per heavy atom. The van der Waals surface area contributed by atoms with Gasteiger partial charge in [-0.25, -0.2) is 4.79 Å². The summed E-state index contributed by atoms with van der Waals surface area (Å²) in [5, 5.41) is 2.84. The van der Waals surface area contributed by atoms with Crippen molar-refractivity contribution in [1.82, 2.24) is 5.32 Å². The number of esters is 1. The van der Waals surface area contributed by atoms with Crippen molar-refractivity contribution in [2.45, 2.75) is 90.5 Å². The number of nitrogens with one attached hydrogen (secondary N) is 1. The van der Waals surface area contributed by atoms with Crippen molar-refractivity contribution in [3.05, 3.63) is 0 Å². The fraction of sp³-hybridized carbons (Fsp3) is 0.882. The van der Waals surface area contributed by atoms with Crippen molar-refractivity contribution in [1.29, 1.82) is 0 Å². The Hall–Kier alpha value is -1.06. The Bertz CT molecular complexity index is 304. The Balaban J connectivity index is 3.96. The van der Waals surface area contributed by atoms with Crippen LogP contribution in [0.5, 0.6) is 0 Å². The summed E-state index contributed by atoms with van der Waals surface area (Å²) in [6.07, 6.45) is 10.2. The summed E-state index contributed by atoms with van der Waals surface area (Å²) in [5.41, 5.74) is -0.887. The topological polar surface area (TPSA) is 55.4 Å². The second-order valence-electron chi connectivity index (χ2n) is 5.99. The van der Waals surface area contributed by atoms with E-state index < -0.39 is 5.54 Å². The van der Waals surface area contributed by atoms with Gasteiger partial charge in [-0.05, 0) is 19.8 Å². The lowest BCUT2D eigenvalue weighted by Gasteiger charge is -2.27. The van der Waals surface area contributed by atoms with Crippen LogP contribution in [0.4, 0.5) is 0 Å². The molecule has 124 valence electrons. The van der Waals surface area contributed by atoms with Crippen LogP contribution in [0.2, 0.25) is 0 Å². The molecular weight excluding hydrogens is 266 g/mol. The van der Waals surface area contributed by atoms with Crippen molar-refractivity contribution in [2.24, 2.45) is 0 Å². The van der Waals surface area contributed by atoms with Crippen molar-refractivity contribution in [3.8, 4) is 0 Å². The summed E-state index contributed by atoms with van der Waals surface area (Å²) in [5.74, 6) is -0.415. The van der Waals surface area contributed by atoms with Gasteiger partial charge in [0.2, 0.25) is 5.91 Å². The van der Waals surface area contributed by atoms with Crippen molar-refractivity contribution in [3.63, 3.8) is 0 Å². The molecule has 0 spiro atoms. The zero-order valence-electron chi connectivity index (χ0n) is 14.3. The SMILES string of the molecule is CCCCCCCCCC(=O)NC(C)(CCC)C(=O)OC. The molecule has 0 aliphatic rings. The van der Waals surface area contributed by atoms with Gasteiger partial charge < -0.3 is 10.1 Å². The van der Waals surface area contributed by atoms with Gasteiger partial charge >= 0.3 is 5.97 Å². The largest absolute Gasteiger partial charge is 0.467 e. The number of amides is 1. The fourth-order valence-electron chi connectivity index (χ4n) is 2.55. The van der Waals surface area contributed by atoms with Crippen LogP contribution < -0.4 is 5.32 Å².